The van der Waals surface area contributed by atoms with E-state index in [4.69, 9.17) is 17.3 Å². The lowest BCUT2D eigenvalue weighted by molar-refractivity contribution is 0.421. The summed E-state index contributed by atoms with van der Waals surface area (Å²) in [5.74, 6) is 0. The molecule has 118 valence electrons. The molecule has 2 aromatic rings. The van der Waals surface area contributed by atoms with Gasteiger partial charge in [0.2, 0.25) is 10.0 Å². The fourth-order valence-corrected chi connectivity index (χ4v) is 3.76. The van der Waals surface area contributed by atoms with Gasteiger partial charge in [0.05, 0.1) is 5.02 Å². The van der Waals surface area contributed by atoms with Gasteiger partial charge < -0.3 is 5.73 Å². The normalized spacial score (nSPS) is 11.8. The fourth-order valence-electron chi connectivity index (χ4n) is 2.08. The maximum Gasteiger partial charge on any atom is 0.244 e. The van der Waals surface area contributed by atoms with Crippen molar-refractivity contribution < 1.29 is 8.42 Å². The standard InChI is InChI=1S/C15H18ClN3O2S/c16-14-10-15(12-18-11-14)22(20,21)19(9-7-17)8-6-13-4-2-1-3-5-13/h1-5,10-12H,6-9,17H2. The number of rotatable bonds is 7. The highest BCUT2D eigenvalue weighted by molar-refractivity contribution is 7.89. The van der Waals surface area contributed by atoms with E-state index in [1.54, 1.807) is 0 Å². The Kier molecular flexibility index (Phi) is 5.90. The van der Waals surface area contributed by atoms with Gasteiger partial charge in [0.1, 0.15) is 4.90 Å². The molecule has 0 bridgehead atoms. The molecule has 0 aliphatic heterocycles. The first kappa shape index (κ1) is 16.9. The zero-order valence-corrected chi connectivity index (χ0v) is 13.6. The lowest BCUT2D eigenvalue weighted by Gasteiger charge is -2.21. The monoisotopic (exact) mass is 339 g/mol. The van der Waals surface area contributed by atoms with E-state index in [9.17, 15) is 8.42 Å². The quantitative estimate of drug-likeness (QED) is 0.836. The number of benzene rings is 1. The Morgan fingerprint density at radius 3 is 2.50 bits per heavy atom. The zero-order valence-electron chi connectivity index (χ0n) is 12.0. The van der Waals surface area contributed by atoms with E-state index in [1.165, 1.54) is 22.8 Å². The van der Waals surface area contributed by atoms with Crippen LogP contribution in [0.1, 0.15) is 5.56 Å². The van der Waals surface area contributed by atoms with Crippen molar-refractivity contribution in [3.8, 4) is 0 Å². The van der Waals surface area contributed by atoms with Crippen LogP contribution in [0.25, 0.3) is 0 Å². The second-order valence-electron chi connectivity index (χ2n) is 4.77. The van der Waals surface area contributed by atoms with Crippen molar-refractivity contribution in [3.63, 3.8) is 0 Å². The Labute approximate surface area is 135 Å². The minimum Gasteiger partial charge on any atom is -0.329 e. The minimum absolute atomic E-state index is 0.0847. The molecule has 0 fully saturated rings. The van der Waals surface area contributed by atoms with Crippen LogP contribution in [-0.2, 0) is 16.4 Å². The molecule has 0 unspecified atom stereocenters. The van der Waals surface area contributed by atoms with Crippen LogP contribution in [0.5, 0.6) is 0 Å². The van der Waals surface area contributed by atoms with Crippen molar-refractivity contribution in [3.05, 3.63) is 59.4 Å². The first-order chi connectivity index (χ1) is 10.5. The molecule has 0 saturated carbocycles. The maximum atomic E-state index is 12.7. The molecule has 1 aromatic carbocycles. The number of pyridine rings is 1. The minimum atomic E-state index is -3.65. The number of nitrogens with two attached hydrogens (primary N) is 1. The number of aromatic nitrogens is 1. The predicted octanol–water partition coefficient (Wildman–Crippen LogP) is 1.93. The second-order valence-corrected chi connectivity index (χ2v) is 7.14. The first-order valence-corrected chi connectivity index (χ1v) is 8.70. The smallest absolute Gasteiger partial charge is 0.244 e. The van der Waals surface area contributed by atoms with Crippen LogP contribution in [0.2, 0.25) is 5.02 Å². The van der Waals surface area contributed by atoms with Crippen LogP contribution >= 0.6 is 11.6 Å². The molecule has 7 heteroatoms. The van der Waals surface area contributed by atoms with Crippen molar-refractivity contribution in [1.29, 1.82) is 0 Å². The lowest BCUT2D eigenvalue weighted by atomic mass is 10.1. The molecule has 0 saturated heterocycles. The third kappa shape index (κ3) is 4.27. The summed E-state index contributed by atoms with van der Waals surface area (Å²) in [6.07, 6.45) is 3.32. The third-order valence-corrected chi connectivity index (χ3v) is 5.26. The van der Waals surface area contributed by atoms with Crippen LogP contribution in [-0.4, -0.2) is 37.3 Å². The van der Waals surface area contributed by atoms with Gasteiger partial charge in [-0.05, 0) is 18.1 Å². The Bertz CT molecular complexity index is 708. The summed E-state index contributed by atoms with van der Waals surface area (Å²) >= 11 is 5.84. The number of halogens is 1. The molecule has 0 atom stereocenters. The summed E-state index contributed by atoms with van der Waals surface area (Å²) in [5, 5.41) is 0.289. The molecule has 2 rings (SSSR count). The topological polar surface area (TPSA) is 76.3 Å². The van der Waals surface area contributed by atoms with Gasteiger partial charge in [-0.3, -0.25) is 4.98 Å². The Morgan fingerprint density at radius 1 is 1.14 bits per heavy atom. The maximum absolute atomic E-state index is 12.7. The molecule has 1 aromatic heterocycles. The molecule has 0 radical (unpaired) electrons. The highest BCUT2D eigenvalue weighted by Crippen LogP contribution is 2.18. The van der Waals surface area contributed by atoms with E-state index in [0.29, 0.717) is 13.0 Å². The Hall–Kier alpha value is -1.47. The summed E-state index contributed by atoms with van der Waals surface area (Å²) in [6, 6.07) is 11.1. The van der Waals surface area contributed by atoms with Gasteiger partial charge >= 0.3 is 0 Å². The van der Waals surface area contributed by atoms with E-state index in [-0.39, 0.29) is 23.0 Å². The van der Waals surface area contributed by atoms with Gasteiger partial charge in [-0.1, -0.05) is 41.9 Å². The summed E-state index contributed by atoms with van der Waals surface area (Å²) in [5.41, 5.74) is 6.63. The van der Waals surface area contributed by atoms with Crippen molar-refractivity contribution in [2.45, 2.75) is 11.3 Å². The summed E-state index contributed by atoms with van der Waals surface area (Å²) in [4.78, 5) is 3.93. The second kappa shape index (κ2) is 7.69. The molecule has 22 heavy (non-hydrogen) atoms. The number of hydrogen-bond acceptors (Lipinski definition) is 4. The average molecular weight is 340 g/mol. The number of sulfonamides is 1. The van der Waals surface area contributed by atoms with Gasteiger partial charge in [0.15, 0.2) is 0 Å². The highest BCUT2D eigenvalue weighted by atomic mass is 35.5. The molecular formula is C15H18ClN3O2S. The van der Waals surface area contributed by atoms with Crippen LogP contribution in [0.3, 0.4) is 0 Å². The van der Waals surface area contributed by atoms with E-state index in [2.05, 4.69) is 4.98 Å². The molecule has 0 aliphatic rings. The van der Waals surface area contributed by atoms with Crippen molar-refractivity contribution in [2.75, 3.05) is 19.6 Å². The predicted molar refractivity (Wildman–Crippen MR) is 87.2 cm³/mol. The van der Waals surface area contributed by atoms with Crippen LogP contribution < -0.4 is 5.73 Å². The van der Waals surface area contributed by atoms with Crippen LogP contribution in [0.4, 0.5) is 0 Å². The van der Waals surface area contributed by atoms with Crippen molar-refractivity contribution >= 4 is 21.6 Å². The molecule has 0 spiro atoms. The Balaban J connectivity index is 2.19. The molecule has 0 aliphatic carbocycles. The van der Waals surface area contributed by atoms with Gasteiger partial charge in [-0.2, -0.15) is 4.31 Å². The third-order valence-electron chi connectivity index (χ3n) is 3.19. The fraction of sp³-hybridized carbons (Fsp3) is 0.267. The summed E-state index contributed by atoms with van der Waals surface area (Å²) in [7, 11) is -3.65. The largest absolute Gasteiger partial charge is 0.329 e. The zero-order chi connectivity index (χ0) is 16.0. The molecule has 1 heterocycles. The average Bonchev–Trinajstić information content (AvgIpc) is 2.52. The van der Waals surface area contributed by atoms with Crippen molar-refractivity contribution in [2.24, 2.45) is 5.73 Å². The Morgan fingerprint density at radius 2 is 1.86 bits per heavy atom. The summed E-state index contributed by atoms with van der Waals surface area (Å²) in [6.45, 7) is 0.861. The van der Waals surface area contributed by atoms with E-state index < -0.39 is 10.0 Å². The van der Waals surface area contributed by atoms with Gasteiger partial charge in [-0.15, -0.1) is 0 Å². The highest BCUT2D eigenvalue weighted by Gasteiger charge is 2.24. The summed E-state index contributed by atoms with van der Waals surface area (Å²) < 4.78 is 26.7. The van der Waals surface area contributed by atoms with Crippen LogP contribution in [0.15, 0.2) is 53.7 Å². The SMILES string of the molecule is NCCN(CCc1ccccc1)S(=O)(=O)c1cncc(Cl)c1. The van der Waals surface area contributed by atoms with Crippen molar-refractivity contribution in [1.82, 2.24) is 9.29 Å². The molecule has 0 amide bonds. The number of hydrogen-bond donors (Lipinski definition) is 1. The molecule has 5 nitrogen and oxygen atoms in total. The number of nitrogens with zero attached hydrogens (tertiary/aromatic N) is 2. The van der Waals surface area contributed by atoms with Gasteiger partial charge in [0, 0.05) is 32.0 Å². The molecular weight excluding hydrogens is 322 g/mol. The van der Waals surface area contributed by atoms with E-state index >= 15 is 0 Å². The van der Waals surface area contributed by atoms with E-state index in [1.807, 2.05) is 30.3 Å². The van der Waals surface area contributed by atoms with E-state index in [0.717, 1.165) is 5.56 Å². The lowest BCUT2D eigenvalue weighted by Crippen LogP contribution is -2.37. The molecule has 2 N–H and O–H groups in total. The van der Waals surface area contributed by atoms with Gasteiger partial charge in [0.25, 0.3) is 0 Å². The first-order valence-electron chi connectivity index (χ1n) is 6.89. The van der Waals surface area contributed by atoms with Crippen LogP contribution in [0, 0.1) is 0 Å². The van der Waals surface area contributed by atoms with Gasteiger partial charge in [-0.25, -0.2) is 8.42 Å².